The van der Waals surface area contributed by atoms with Crippen LogP contribution in [0.25, 0.3) is 0 Å². The van der Waals surface area contributed by atoms with Crippen molar-refractivity contribution in [2.24, 2.45) is 0 Å². The number of carbonyl (C=O) groups excluding carboxylic acids is 1. The van der Waals surface area contributed by atoms with Crippen LogP contribution in [-0.2, 0) is 11.2 Å². The van der Waals surface area contributed by atoms with Gasteiger partial charge in [-0.1, -0.05) is 19.1 Å². The zero-order valence-corrected chi connectivity index (χ0v) is 12.0. The number of anilines is 1. The fraction of sp³-hybridized carbons (Fsp3) is 0.500. The van der Waals surface area contributed by atoms with Gasteiger partial charge in [0.2, 0.25) is 5.91 Å². The molecule has 1 aliphatic rings. The van der Waals surface area contributed by atoms with Crippen LogP contribution >= 0.6 is 11.8 Å². The molecular weight excluding hydrogens is 244 g/mol. The highest BCUT2D eigenvalue weighted by atomic mass is 32.2. The first-order chi connectivity index (χ1) is 8.69. The van der Waals surface area contributed by atoms with Crippen LogP contribution < -0.4 is 10.2 Å². The number of thioether (sulfide) groups is 1. The van der Waals surface area contributed by atoms with Crippen molar-refractivity contribution in [1.82, 2.24) is 5.32 Å². The zero-order valence-electron chi connectivity index (χ0n) is 11.2. The van der Waals surface area contributed by atoms with Crippen LogP contribution in [0.15, 0.2) is 23.1 Å². The van der Waals surface area contributed by atoms with Gasteiger partial charge in [0.25, 0.3) is 0 Å². The van der Waals surface area contributed by atoms with Crippen molar-refractivity contribution < 1.29 is 4.79 Å². The lowest BCUT2D eigenvalue weighted by atomic mass is 10.1. The molecule has 0 bridgehead atoms. The molecule has 0 spiro atoms. The van der Waals surface area contributed by atoms with Crippen LogP contribution in [0.1, 0.15) is 19.4 Å². The molecule has 1 aromatic carbocycles. The summed E-state index contributed by atoms with van der Waals surface area (Å²) < 4.78 is 0. The second kappa shape index (κ2) is 5.76. The normalized spacial score (nSPS) is 18.6. The van der Waals surface area contributed by atoms with Gasteiger partial charge in [-0.05, 0) is 32.0 Å². The van der Waals surface area contributed by atoms with Crippen molar-refractivity contribution in [3.63, 3.8) is 0 Å². The molecular formula is C14H20N2OS. The standard InChI is InChI=1S/C14H20N2OS/c1-4-11-6-5-7-12-14(11)16(10(2)9-18-12)13(17)8-15-3/h5-7,10,15H,4,8-9H2,1-3H3. The summed E-state index contributed by atoms with van der Waals surface area (Å²) in [6.07, 6.45) is 0.958. The summed E-state index contributed by atoms with van der Waals surface area (Å²) in [6.45, 7) is 4.66. The minimum atomic E-state index is 0.160. The van der Waals surface area contributed by atoms with E-state index in [1.165, 1.54) is 10.5 Å². The molecule has 0 aliphatic carbocycles. The molecule has 0 fully saturated rings. The van der Waals surface area contributed by atoms with E-state index in [0.29, 0.717) is 6.54 Å². The van der Waals surface area contributed by atoms with Gasteiger partial charge in [-0.3, -0.25) is 4.79 Å². The van der Waals surface area contributed by atoms with Gasteiger partial charge in [0, 0.05) is 16.7 Å². The molecule has 1 aromatic rings. The Bertz CT molecular complexity index is 433. The number of benzene rings is 1. The van der Waals surface area contributed by atoms with Gasteiger partial charge in [-0.15, -0.1) is 11.8 Å². The van der Waals surface area contributed by atoms with Gasteiger partial charge < -0.3 is 10.2 Å². The Hall–Kier alpha value is -1.000. The predicted molar refractivity (Wildman–Crippen MR) is 77.4 cm³/mol. The number of amides is 1. The second-order valence-corrected chi connectivity index (χ2v) is 5.63. The quantitative estimate of drug-likeness (QED) is 0.909. The number of hydrogen-bond donors (Lipinski definition) is 1. The van der Waals surface area contributed by atoms with Gasteiger partial charge in [0.15, 0.2) is 0 Å². The maximum Gasteiger partial charge on any atom is 0.241 e. The molecule has 1 atom stereocenters. The second-order valence-electron chi connectivity index (χ2n) is 4.57. The fourth-order valence-corrected chi connectivity index (χ4v) is 3.47. The molecule has 1 amide bonds. The van der Waals surface area contributed by atoms with Crippen LogP contribution in [0.4, 0.5) is 5.69 Å². The van der Waals surface area contributed by atoms with Crippen molar-refractivity contribution in [3.05, 3.63) is 23.8 Å². The van der Waals surface area contributed by atoms with E-state index in [1.807, 2.05) is 23.7 Å². The van der Waals surface area contributed by atoms with Crippen LogP contribution in [0, 0.1) is 0 Å². The number of nitrogens with one attached hydrogen (secondary N) is 1. The molecule has 1 unspecified atom stereocenters. The Balaban J connectivity index is 2.45. The zero-order chi connectivity index (χ0) is 13.1. The minimum absolute atomic E-state index is 0.160. The predicted octanol–water partition coefficient (Wildman–Crippen LogP) is 2.30. The number of hydrogen-bond acceptors (Lipinski definition) is 3. The number of nitrogens with zero attached hydrogens (tertiary/aromatic N) is 1. The number of carbonyl (C=O) groups is 1. The van der Waals surface area contributed by atoms with Crippen LogP contribution in [-0.4, -0.2) is 31.3 Å². The maximum atomic E-state index is 12.3. The smallest absolute Gasteiger partial charge is 0.241 e. The molecule has 1 heterocycles. The first-order valence-corrected chi connectivity index (χ1v) is 7.39. The molecule has 98 valence electrons. The van der Waals surface area contributed by atoms with E-state index in [4.69, 9.17) is 0 Å². The SMILES string of the molecule is CCc1cccc2c1N(C(=O)CNC)C(C)CS2. The summed E-state index contributed by atoms with van der Waals surface area (Å²) in [5, 5.41) is 2.96. The minimum Gasteiger partial charge on any atom is -0.311 e. The van der Waals surface area contributed by atoms with E-state index < -0.39 is 0 Å². The van der Waals surface area contributed by atoms with Gasteiger partial charge in [0.1, 0.15) is 0 Å². The number of para-hydroxylation sites is 1. The monoisotopic (exact) mass is 264 g/mol. The lowest BCUT2D eigenvalue weighted by Gasteiger charge is -2.36. The molecule has 4 heteroatoms. The third kappa shape index (κ3) is 2.40. The topological polar surface area (TPSA) is 32.3 Å². The van der Waals surface area contributed by atoms with Gasteiger partial charge in [-0.25, -0.2) is 0 Å². The molecule has 0 saturated heterocycles. The highest BCUT2D eigenvalue weighted by Gasteiger charge is 2.29. The van der Waals surface area contributed by atoms with E-state index in [0.717, 1.165) is 17.9 Å². The maximum absolute atomic E-state index is 12.3. The molecule has 0 aromatic heterocycles. The van der Waals surface area contributed by atoms with Crippen molar-refractivity contribution in [2.75, 3.05) is 24.2 Å². The van der Waals surface area contributed by atoms with Gasteiger partial charge in [-0.2, -0.15) is 0 Å². The average molecular weight is 264 g/mol. The third-order valence-electron chi connectivity index (χ3n) is 3.22. The summed E-state index contributed by atoms with van der Waals surface area (Å²) in [5.41, 5.74) is 2.39. The van der Waals surface area contributed by atoms with Crippen molar-refractivity contribution in [3.8, 4) is 0 Å². The van der Waals surface area contributed by atoms with Crippen LogP contribution in [0.3, 0.4) is 0 Å². The van der Waals surface area contributed by atoms with E-state index in [1.54, 1.807) is 0 Å². The Morgan fingerprint density at radius 1 is 1.56 bits per heavy atom. The Morgan fingerprint density at radius 2 is 2.33 bits per heavy atom. The van der Waals surface area contributed by atoms with Crippen LogP contribution in [0.2, 0.25) is 0 Å². The summed E-state index contributed by atoms with van der Waals surface area (Å²) in [4.78, 5) is 15.5. The largest absolute Gasteiger partial charge is 0.311 e. The summed E-state index contributed by atoms with van der Waals surface area (Å²) in [7, 11) is 1.81. The summed E-state index contributed by atoms with van der Waals surface area (Å²) in [6, 6.07) is 6.58. The summed E-state index contributed by atoms with van der Waals surface area (Å²) >= 11 is 1.85. The molecule has 0 saturated carbocycles. The van der Waals surface area contributed by atoms with Gasteiger partial charge >= 0.3 is 0 Å². The molecule has 1 aliphatic heterocycles. The number of aryl methyl sites for hydroxylation is 1. The molecule has 2 rings (SSSR count). The lowest BCUT2D eigenvalue weighted by molar-refractivity contribution is -0.118. The Kier molecular flexibility index (Phi) is 4.30. The van der Waals surface area contributed by atoms with Crippen molar-refractivity contribution >= 4 is 23.4 Å². The van der Waals surface area contributed by atoms with E-state index >= 15 is 0 Å². The highest BCUT2D eigenvalue weighted by Crippen LogP contribution is 2.40. The fourth-order valence-electron chi connectivity index (χ4n) is 2.36. The van der Waals surface area contributed by atoms with Crippen LogP contribution in [0.5, 0.6) is 0 Å². The van der Waals surface area contributed by atoms with E-state index in [-0.39, 0.29) is 11.9 Å². The number of likely N-dealkylation sites (N-methyl/N-ethyl adjacent to an activating group) is 1. The Labute approximate surface area is 113 Å². The van der Waals surface area contributed by atoms with Gasteiger partial charge in [0.05, 0.1) is 12.2 Å². The molecule has 1 N–H and O–H groups in total. The Morgan fingerprint density at radius 3 is 3.00 bits per heavy atom. The van der Waals surface area contributed by atoms with Crippen molar-refractivity contribution in [1.29, 1.82) is 0 Å². The summed E-state index contributed by atoms with van der Waals surface area (Å²) in [5.74, 6) is 1.13. The number of rotatable bonds is 3. The average Bonchev–Trinajstić information content (AvgIpc) is 2.38. The molecule has 0 radical (unpaired) electrons. The number of fused-ring (bicyclic) bond motifs is 1. The highest BCUT2D eigenvalue weighted by molar-refractivity contribution is 7.99. The van der Waals surface area contributed by atoms with E-state index in [2.05, 4.69) is 37.4 Å². The molecule has 3 nitrogen and oxygen atoms in total. The third-order valence-corrected chi connectivity index (χ3v) is 4.51. The van der Waals surface area contributed by atoms with E-state index in [9.17, 15) is 4.79 Å². The van der Waals surface area contributed by atoms with Crippen molar-refractivity contribution in [2.45, 2.75) is 31.2 Å². The first kappa shape index (κ1) is 13.4. The first-order valence-electron chi connectivity index (χ1n) is 6.40. The molecule has 18 heavy (non-hydrogen) atoms. The lowest BCUT2D eigenvalue weighted by Crippen LogP contribution is -2.46.